The van der Waals surface area contributed by atoms with Gasteiger partial charge in [-0.2, -0.15) is 4.31 Å². The van der Waals surface area contributed by atoms with Gasteiger partial charge >= 0.3 is 0 Å². The Labute approximate surface area is 168 Å². The van der Waals surface area contributed by atoms with Gasteiger partial charge in [-0.25, -0.2) is 8.42 Å². The fourth-order valence-electron chi connectivity index (χ4n) is 3.95. The molecule has 0 bridgehead atoms. The molecule has 1 heterocycles. The van der Waals surface area contributed by atoms with Crippen LogP contribution in [0.1, 0.15) is 43.4 Å². The van der Waals surface area contributed by atoms with E-state index in [-0.39, 0.29) is 23.3 Å². The van der Waals surface area contributed by atoms with Gasteiger partial charge in [0.25, 0.3) is 0 Å². The third-order valence-electron chi connectivity index (χ3n) is 5.06. The summed E-state index contributed by atoms with van der Waals surface area (Å²) in [6.07, 6.45) is 1.09. The van der Waals surface area contributed by atoms with Crippen LogP contribution in [-0.4, -0.2) is 61.7 Å². The van der Waals surface area contributed by atoms with Crippen LogP contribution < -0.4 is 5.32 Å². The summed E-state index contributed by atoms with van der Waals surface area (Å²) >= 11 is 0. The number of carbonyl (C=O) groups is 2. The lowest BCUT2D eigenvalue weighted by molar-refractivity contribution is -0.138. The Bertz CT molecular complexity index is 828. The summed E-state index contributed by atoms with van der Waals surface area (Å²) in [5.41, 5.74) is 2.37. The average Bonchev–Trinajstić information content (AvgIpc) is 3.08. The van der Waals surface area contributed by atoms with Crippen LogP contribution in [0.3, 0.4) is 0 Å². The van der Waals surface area contributed by atoms with Crippen LogP contribution in [0, 0.1) is 20.8 Å². The number of nitrogens with one attached hydrogen (secondary N) is 1. The molecule has 7 nitrogen and oxygen atoms in total. The molecule has 0 spiro atoms. The van der Waals surface area contributed by atoms with Crippen molar-refractivity contribution in [3.05, 3.63) is 28.8 Å². The Balaban J connectivity index is 2.33. The number of sulfonamides is 1. The Morgan fingerprint density at radius 3 is 2.32 bits per heavy atom. The summed E-state index contributed by atoms with van der Waals surface area (Å²) < 4.78 is 28.1. The van der Waals surface area contributed by atoms with Gasteiger partial charge in [-0.05, 0) is 58.6 Å². The minimum absolute atomic E-state index is 0.0594. The fourth-order valence-corrected chi connectivity index (χ4v) is 6.01. The molecule has 28 heavy (non-hydrogen) atoms. The number of hydrogen-bond donors (Lipinski definition) is 1. The molecule has 1 fully saturated rings. The summed E-state index contributed by atoms with van der Waals surface area (Å²) in [7, 11) is -3.81. The van der Waals surface area contributed by atoms with Crippen LogP contribution in [0.15, 0.2) is 17.0 Å². The number of nitrogens with zero attached hydrogens (tertiary/aromatic N) is 2. The highest BCUT2D eigenvalue weighted by Crippen LogP contribution is 2.31. The number of rotatable bonds is 7. The van der Waals surface area contributed by atoms with Gasteiger partial charge in [0.1, 0.15) is 6.04 Å². The molecule has 1 aromatic rings. The highest BCUT2D eigenvalue weighted by Gasteiger charge is 2.42. The van der Waals surface area contributed by atoms with Gasteiger partial charge in [-0.15, -0.1) is 0 Å². The van der Waals surface area contributed by atoms with Crippen molar-refractivity contribution < 1.29 is 18.0 Å². The van der Waals surface area contributed by atoms with Crippen molar-refractivity contribution in [3.8, 4) is 0 Å². The fraction of sp³-hybridized carbons (Fsp3) is 0.600. The molecule has 1 aliphatic heterocycles. The van der Waals surface area contributed by atoms with E-state index in [1.54, 1.807) is 20.8 Å². The molecule has 2 amide bonds. The standard InChI is InChI=1S/C20H31N3O4S/c1-6-21-18(24)13-22(7-2)20(25)17-9-8-10-23(17)28(26,27)19-15(4)11-14(3)12-16(19)5/h11-12,17H,6-10,13H2,1-5H3,(H,21,24). The summed E-state index contributed by atoms with van der Waals surface area (Å²) in [5.74, 6) is -0.549. The molecule has 156 valence electrons. The lowest BCUT2D eigenvalue weighted by Gasteiger charge is -2.29. The second-order valence-electron chi connectivity index (χ2n) is 7.31. The van der Waals surface area contributed by atoms with E-state index in [0.717, 1.165) is 5.56 Å². The first-order valence-electron chi connectivity index (χ1n) is 9.78. The smallest absolute Gasteiger partial charge is 0.244 e. The van der Waals surface area contributed by atoms with Crippen LogP contribution in [0.5, 0.6) is 0 Å². The van der Waals surface area contributed by atoms with Gasteiger partial charge in [0.2, 0.25) is 21.8 Å². The highest BCUT2D eigenvalue weighted by molar-refractivity contribution is 7.89. The number of likely N-dealkylation sites (N-methyl/N-ethyl adjacent to an activating group) is 2. The van der Waals surface area contributed by atoms with E-state index in [1.807, 2.05) is 26.0 Å². The molecule has 1 aliphatic rings. The molecule has 0 aromatic heterocycles. The van der Waals surface area contributed by atoms with Crippen molar-refractivity contribution in [2.24, 2.45) is 0 Å². The zero-order valence-electron chi connectivity index (χ0n) is 17.4. The zero-order valence-corrected chi connectivity index (χ0v) is 18.2. The first-order chi connectivity index (χ1) is 13.1. The Kier molecular flexibility index (Phi) is 7.22. The quantitative estimate of drug-likeness (QED) is 0.743. The summed E-state index contributed by atoms with van der Waals surface area (Å²) in [5, 5.41) is 2.68. The highest BCUT2D eigenvalue weighted by atomic mass is 32.2. The molecule has 0 saturated carbocycles. The summed E-state index contributed by atoms with van der Waals surface area (Å²) in [6, 6.07) is 2.93. The van der Waals surface area contributed by atoms with E-state index in [4.69, 9.17) is 0 Å². The SMILES string of the molecule is CCNC(=O)CN(CC)C(=O)C1CCCN1S(=O)(=O)c1c(C)cc(C)cc1C. The number of benzene rings is 1. The van der Waals surface area contributed by atoms with Crippen LogP contribution in [0.25, 0.3) is 0 Å². The van der Waals surface area contributed by atoms with Gasteiger partial charge in [-0.3, -0.25) is 9.59 Å². The first kappa shape index (κ1) is 22.4. The van der Waals surface area contributed by atoms with E-state index in [9.17, 15) is 18.0 Å². The van der Waals surface area contributed by atoms with E-state index in [2.05, 4.69) is 5.32 Å². The number of carbonyl (C=O) groups excluding carboxylic acids is 2. The van der Waals surface area contributed by atoms with Crippen molar-refractivity contribution in [1.82, 2.24) is 14.5 Å². The molecule has 1 aromatic carbocycles. The van der Waals surface area contributed by atoms with Gasteiger partial charge in [0.05, 0.1) is 11.4 Å². The Hall–Kier alpha value is -1.93. The Morgan fingerprint density at radius 2 is 1.79 bits per heavy atom. The van der Waals surface area contributed by atoms with Crippen LogP contribution >= 0.6 is 0 Å². The third kappa shape index (κ3) is 4.55. The van der Waals surface area contributed by atoms with Gasteiger partial charge < -0.3 is 10.2 Å². The minimum atomic E-state index is -3.81. The summed E-state index contributed by atoms with van der Waals surface area (Å²) in [4.78, 5) is 26.7. The van der Waals surface area contributed by atoms with E-state index in [0.29, 0.717) is 43.6 Å². The normalized spacial score (nSPS) is 17.5. The van der Waals surface area contributed by atoms with E-state index >= 15 is 0 Å². The molecule has 1 atom stereocenters. The van der Waals surface area contributed by atoms with Crippen molar-refractivity contribution in [2.45, 2.75) is 58.4 Å². The molecule has 1 unspecified atom stereocenters. The molecular formula is C20H31N3O4S. The minimum Gasteiger partial charge on any atom is -0.355 e. The largest absolute Gasteiger partial charge is 0.355 e. The maximum atomic E-state index is 13.4. The van der Waals surface area contributed by atoms with Gasteiger partial charge in [-0.1, -0.05) is 17.7 Å². The zero-order chi connectivity index (χ0) is 21.1. The van der Waals surface area contributed by atoms with Crippen LogP contribution in [-0.2, 0) is 19.6 Å². The van der Waals surface area contributed by atoms with Crippen molar-refractivity contribution in [2.75, 3.05) is 26.2 Å². The van der Waals surface area contributed by atoms with Crippen LogP contribution in [0.2, 0.25) is 0 Å². The topological polar surface area (TPSA) is 86.8 Å². The second-order valence-corrected chi connectivity index (χ2v) is 9.13. The number of aryl methyl sites for hydroxylation is 3. The molecule has 1 N–H and O–H groups in total. The molecule has 8 heteroatoms. The third-order valence-corrected chi connectivity index (χ3v) is 7.28. The molecule has 0 radical (unpaired) electrons. The van der Waals surface area contributed by atoms with Crippen LogP contribution in [0.4, 0.5) is 0 Å². The number of amides is 2. The van der Waals surface area contributed by atoms with Gasteiger partial charge in [0.15, 0.2) is 0 Å². The summed E-state index contributed by atoms with van der Waals surface area (Å²) in [6.45, 7) is 10.2. The van der Waals surface area contributed by atoms with E-state index < -0.39 is 16.1 Å². The molecule has 2 rings (SSSR count). The predicted molar refractivity (Wildman–Crippen MR) is 109 cm³/mol. The number of hydrogen-bond acceptors (Lipinski definition) is 4. The molecule has 1 saturated heterocycles. The average molecular weight is 410 g/mol. The molecular weight excluding hydrogens is 378 g/mol. The maximum absolute atomic E-state index is 13.4. The van der Waals surface area contributed by atoms with Crippen molar-refractivity contribution in [3.63, 3.8) is 0 Å². The lowest BCUT2D eigenvalue weighted by atomic mass is 10.1. The first-order valence-corrected chi connectivity index (χ1v) is 11.2. The van der Waals surface area contributed by atoms with E-state index in [1.165, 1.54) is 9.21 Å². The predicted octanol–water partition coefficient (Wildman–Crippen LogP) is 1.75. The Morgan fingerprint density at radius 1 is 1.18 bits per heavy atom. The van der Waals surface area contributed by atoms with Crippen molar-refractivity contribution >= 4 is 21.8 Å². The second kappa shape index (κ2) is 9.05. The van der Waals surface area contributed by atoms with Crippen molar-refractivity contribution in [1.29, 1.82) is 0 Å². The molecule has 0 aliphatic carbocycles. The maximum Gasteiger partial charge on any atom is 0.244 e. The van der Waals surface area contributed by atoms with Gasteiger partial charge in [0, 0.05) is 19.6 Å². The lowest BCUT2D eigenvalue weighted by Crippen LogP contribution is -2.50. The monoisotopic (exact) mass is 409 g/mol.